The van der Waals surface area contributed by atoms with E-state index in [2.05, 4.69) is 48.1 Å². The molecule has 2 atom stereocenters. The van der Waals surface area contributed by atoms with Crippen LogP contribution in [0.2, 0.25) is 0 Å². The molecule has 0 aromatic heterocycles. The lowest BCUT2D eigenvalue weighted by Gasteiger charge is -2.34. The lowest BCUT2D eigenvalue weighted by molar-refractivity contribution is 0.213. The zero-order valence-corrected chi connectivity index (χ0v) is 15.0. The van der Waals surface area contributed by atoms with Gasteiger partial charge >= 0.3 is 0 Å². The van der Waals surface area contributed by atoms with E-state index in [1.807, 2.05) is 0 Å². The predicted octanol–water partition coefficient (Wildman–Crippen LogP) is 5.33. The second kappa shape index (κ2) is 7.23. The molecule has 1 aromatic carbocycles. The summed E-state index contributed by atoms with van der Waals surface area (Å²) in [4.78, 5) is 0. The zero-order chi connectivity index (χ0) is 15.5. The normalized spacial score (nSPS) is 23.3. The first kappa shape index (κ1) is 17.0. The van der Waals surface area contributed by atoms with Crippen molar-refractivity contribution in [2.24, 2.45) is 11.8 Å². The quantitative estimate of drug-likeness (QED) is 0.769. The highest BCUT2D eigenvalue weighted by Gasteiger charge is 2.26. The Morgan fingerprint density at radius 2 is 1.81 bits per heavy atom. The summed E-state index contributed by atoms with van der Waals surface area (Å²) < 4.78 is 14.4. The molecule has 1 N–H and O–H groups in total. The van der Waals surface area contributed by atoms with Gasteiger partial charge in [-0.05, 0) is 82.2 Å². The monoisotopic (exact) mass is 355 g/mol. The Bertz CT molecular complexity index is 447. The van der Waals surface area contributed by atoms with Gasteiger partial charge in [-0.15, -0.1) is 0 Å². The Balaban J connectivity index is 2.01. The highest BCUT2D eigenvalue weighted by atomic mass is 79.9. The molecule has 0 saturated heterocycles. The van der Waals surface area contributed by atoms with Crippen LogP contribution >= 0.6 is 15.9 Å². The summed E-state index contributed by atoms with van der Waals surface area (Å²) in [6, 6.07) is 5.28. The molecule has 118 valence electrons. The molecule has 3 heteroatoms. The van der Waals surface area contributed by atoms with Crippen molar-refractivity contribution in [1.82, 2.24) is 5.32 Å². The fourth-order valence-electron chi connectivity index (χ4n) is 3.29. The van der Waals surface area contributed by atoms with Crippen LogP contribution in [0.5, 0.6) is 0 Å². The summed E-state index contributed by atoms with van der Waals surface area (Å²) in [6.45, 7) is 7.72. The summed E-state index contributed by atoms with van der Waals surface area (Å²) in [5.74, 6) is 1.24. The lowest BCUT2D eigenvalue weighted by Crippen LogP contribution is -2.41. The van der Waals surface area contributed by atoms with Crippen LogP contribution < -0.4 is 5.32 Å². The van der Waals surface area contributed by atoms with Gasteiger partial charge in [0.25, 0.3) is 0 Å². The standard InChI is InChI=1S/C18H27BrFN/c1-18(2,3)21-12-15-7-5-4-6-14(15)8-13-9-16(19)11-17(20)10-13/h9-11,14-15,21H,4-8,12H2,1-3H3. The fraction of sp³-hybridized carbons (Fsp3) is 0.667. The molecule has 1 aliphatic rings. The number of rotatable bonds is 4. The number of halogens is 2. The van der Waals surface area contributed by atoms with Crippen molar-refractivity contribution in [2.45, 2.75) is 58.4 Å². The number of hydrogen-bond acceptors (Lipinski definition) is 1. The minimum absolute atomic E-state index is 0.139. The average molecular weight is 356 g/mol. The molecule has 1 nitrogen and oxygen atoms in total. The number of nitrogens with one attached hydrogen (secondary N) is 1. The summed E-state index contributed by atoms with van der Waals surface area (Å²) in [5, 5.41) is 3.65. The van der Waals surface area contributed by atoms with Crippen molar-refractivity contribution < 1.29 is 4.39 Å². The van der Waals surface area contributed by atoms with Crippen LogP contribution in [0.15, 0.2) is 22.7 Å². The summed E-state index contributed by atoms with van der Waals surface area (Å²) in [7, 11) is 0. The molecular formula is C18H27BrFN. The van der Waals surface area contributed by atoms with Gasteiger partial charge in [-0.2, -0.15) is 0 Å². The zero-order valence-electron chi connectivity index (χ0n) is 13.4. The highest BCUT2D eigenvalue weighted by Crippen LogP contribution is 2.33. The van der Waals surface area contributed by atoms with Gasteiger partial charge < -0.3 is 5.32 Å². The van der Waals surface area contributed by atoms with E-state index in [1.54, 1.807) is 6.07 Å². The number of hydrogen-bond donors (Lipinski definition) is 1. The van der Waals surface area contributed by atoms with Crippen molar-refractivity contribution in [3.8, 4) is 0 Å². The Hall–Kier alpha value is -0.410. The third-order valence-electron chi connectivity index (χ3n) is 4.38. The van der Waals surface area contributed by atoms with Crippen molar-refractivity contribution >= 4 is 15.9 Å². The first-order chi connectivity index (χ1) is 9.83. The maximum atomic E-state index is 13.5. The average Bonchev–Trinajstić information content (AvgIpc) is 2.35. The fourth-order valence-corrected chi connectivity index (χ4v) is 3.80. The van der Waals surface area contributed by atoms with E-state index in [0.717, 1.165) is 23.0 Å². The van der Waals surface area contributed by atoms with E-state index in [0.29, 0.717) is 11.8 Å². The SMILES string of the molecule is CC(C)(C)NCC1CCCCC1Cc1cc(F)cc(Br)c1. The molecule has 1 saturated carbocycles. The maximum Gasteiger partial charge on any atom is 0.124 e. The molecule has 1 aromatic rings. The summed E-state index contributed by atoms with van der Waals surface area (Å²) in [6.07, 6.45) is 6.20. The molecule has 0 amide bonds. The molecular weight excluding hydrogens is 329 g/mol. The van der Waals surface area contributed by atoms with Gasteiger partial charge in [-0.1, -0.05) is 28.8 Å². The van der Waals surface area contributed by atoms with Crippen LogP contribution in [-0.2, 0) is 6.42 Å². The highest BCUT2D eigenvalue weighted by molar-refractivity contribution is 9.10. The van der Waals surface area contributed by atoms with Gasteiger partial charge in [0.1, 0.15) is 5.82 Å². The minimum Gasteiger partial charge on any atom is -0.312 e. The van der Waals surface area contributed by atoms with Crippen LogP contribution in [0.1, 0.15) is 52.0 Å². The first-order valence-corrected chi connectivity index (χ1v) is 8.83. The molecule has 1 fully saturated rings. The Morgan fingerprint density at radius 3 is 2.43 bits per heavy atom. The van der Waals surface area contributed by atoms with Gasteiger partial charge in [0, 0.05) is 10.0 Å². The van der Waals surface area contributed by atoms with Gasteiger partial charge in [0.15, 0.2) is 0 Å². The molecule has 0 heterocycles. The van der Waals surface area contributed by atoms with Crippen LogP contribution in [0.25, 0.3) is 0 Å². The lowest BCUT2D eigenvalue weighted by atomic mass is 9.76. The minimum atomic E-state index is -0.139. The topological polar surface area (TPSA) is 12.0 Å². The van der Waals surface area contributed by atoms with Crippen molar-refractivity contribution in [2.75, 3.05) is 6.54 Å². The van der Waals surface area contributed by atoms with Crippen molar-refractivity contribution in [1.29, 1.82) is 0 Å². The third kappa shape index (κ3) is 5.71. The molecule has 0 bridgehead atoms. The largest absolute Gasteiger partial charge is 0.312 e. The predicted molar refractivity (Wildman–Crippen MR) is 91.0 cm³/mol. The van der Waals surface area contributed by atoms with E-state index in [4.69, 9.17) is 0 Å². The molecule has 0 aliphatic heterocycles. The number of benzene rings is 1. The maximum absolute atomic E-state index is 13.5. The van der Waals surface area contributed by atoms with Crippen LogP contribution in [0.4, 0.5) is 4.39 Å². The molecule has 0 radical (unpaired) electrons. The van der Waals surface area contributed by atoms with Gasteiger partial charge in [0.2, 0.25) is 0 Å². The molecule has 2 rings (SSSR count). The van der Waals surface area contributed by atoms with Crippen molar-refractivity contribution in [3.63, 3.8) is 0 Å². The van der Waals surface area contributed by atoms with Crippen LogP contribution in [-0.4, -0.2) is 12.1 Å². The van der Waals surface area contributed by atoms with E-state index >= 15 is 0 Å². The van der Waals surface area contributed by atoms with Gasteiger partial charge in [-0.3, -0.25) is 0 Å². The van der Waals surface area contributed by atoms with E-state index in [1.165, 1.54) is 31.7 Å². The van der Waals surface area contributed by atoms with Crippen LogP contribution in [0, 0.1) is 17.7 Å². The van der Waals surface area contributed by atoms with Gasteiger partial charge in [-0.25, -0.2) is 4.39 Å². The Labute approximate surface area is 136 Å². The van der Waals surface area contributed by atoms with E-state index in [9.17, 15) is 4.39 Å². The Morgan fingerprint density at radius 1 is 1.14 bits per heavy atom. The van der Waals surface area contributed by atoms with E-state index in [-0.39, 0.29) is 11.4 Å². The van der Waals surface area contributed by atoms with Gasteiger partial charge in [0.05, 0.1) is 0 Å². The summed E-state index contributed by atoms with van der Waals surface area (Å²) in [5.41, 5.74) is 1.29. The molecule has 21 heavy (non-hydrogen) atoms. The van der Waals surface area contributed by atoms with E-state index < -0.39 is 0 Å². The smallest absolute Gasteiger partial charge is 0.124 e. The molecule has 1 aliphatic carbocycles. The molecule has 2 unspecified atom stereocenters. The van der Waals surface area contributed by atoms with Crippen molar-refractivity contribution in [3.05, 3.63) is 34.1 Å². The Kier molecular flexibility index (Phi) is 5.84. The second-order valence-corrected chi connectivity index (χ2v) is 8.33. The first-order valence-electron chi connectivity index (χ1n) is 8.03. The second-order valence-electron chi connectivity index (χ2n) is 7.42. The third-order valence-corrected chi connectivity index (χ3v) is 4.84. The summed E-state index contributed by atoms with van der Waals surface area (Å²) >= 11 is 3.40. The van der Waals surface area contributed by atoms with Crippen LogP contribution in [0.3, 0.4) is 0 Å². The molecule has 0 spiro atoms.